The number of aryl methyl sites for hydroxylation is 1. The van der Waals surface area contributed by atoms with Crippen LogP contribution in [0.4, 0.5) is 0 Å². The number of aromatic nitrogens is 1. The summed E-state index contributed by atoms with van der Waals surface area (Å²) in [7, 11) is 0. The van der Waals surface area contributed by atoms with Crippen molar-refractivity contribution >= 4 is 27.3 Å². The molecule has 0 bridgehead atoms. The maximum atomic E-state index is 4.16. The summed E-state index contributed by atoms with van der Waals surface area (Å²) >= 11 is 5.65. The maximum Gasteiger partial charge on any atom is 0.0794 e. The Balaban J connectivity index is 1.82. The third-order valence-electron chi connectivity index (χ3n) is 3.50. The molecule has 0 saturated carbocycles. The second-order valence-electron chi connectivity index (χ2n) is 4.57. The average Bonchev–Trinajstić information content (AvgIpc) is 2.86. The van der Waals surface area contributed by atoms with Gasteiger partial charge in [0.25, 0.3) is 0 Å². The lowest BCUT2D eigenvalue weighted by molar-refractivity contribution is 0.455. The van der Waals surface area contributed by atoms with Crippen LogP contribution in [-0.2, 0) is 12.8 Å². The monoisotopic (exact) mass is 307 g/mol. The summed E-state index contributed by atoms with van der Waals surface area (Å²) in [5.41, 5.74) is 4.92. The minimum Gasteiger partial charge on any atom is -0.253 e. The molecule has 2 atom stereocenters. The first-order chi connectivity index (χ1) is 8.34. The molecule has 0 aliphatic heterocycles. The predicted molar refractivity (Wildman–Crippen MR) is 75.7 cm³/mol. The normalized spacial score (nSPS) is 23.4. The number of nitrogens with zero attached hydrogens (tertiary/aromatic N) is 1. The van der Waals surface area contributed by atoms with Crippen molar-refractivity contribution in [2.45, 2.75) is 24.1 Å². The summed E-state index contributed by atoms with van der Waals surface area (Å²) in [6.45, 7) is 0. The van der Waals surface area contributed by atoms with Crippen LogP contribution in [-0.4, -0.2) is 4.98 Å². The Morgan fingerprint density at radius 3 is 3.06 bits per heavy atom. The zero-order chi connectivity index (χ0) is 11.7. The van der Waals surface area contributed by atoms with Crippen molar-refractivity contribution in [1.29, 1.82) is 0 Å². The zero-order valence-electron chi connectivity index (χ0n) is 9.47. The van der Waals surface area contributed by atoms with Gasteiger partial charge < -0.3 is 0 Å². The first-order valence-corrected chi connectivity index (χ1v) is 7.73. The van der Waals surface area contributed by atoms with E-state index in [0.717, 1.165) is 6.42 Å². The number of alkyl halides is 1. The Bertz CT molecular complexity index is 495. The van der Waals surface area contributed by atoms with Crippen LogP contribution in [0.15, 0.2) is 36.0 Å². The van der Waals surface area contributed by atoms with Gasteiger partial charge in [-0.15, -0.1) is 11.3 Å². The molecule has 1 aliphatic carbocycles. The van der Waals surface area contributed by atoms with E-state index in [-0.39, 0.29) is 0 Å². The van der Waals surface area contributed by atoms with Crippen molar-refractivity contribution in [3.8, 4) is 0 Å². The first-order valence-electron chi connectivity index (χ1n) is 5.94. The molecule has 88 valence electrons. The second-order valence-corrected chi connectivity index (χ2v) is 6.53. The van der Waals surface area contributed by atoms with E-state index in [4.69, 9.17) is 0 Å². The fourth-order valence-electron chi connectivity index (χ4n) is 2.58. The van der Waals surface area contributed by atoms with Gasteiger partial charge in [-0.1, -0.05) is 40.2 Å². The molecule has 0 saturated heterocycles. The van der Waals surface area contributed by atoms with Crippen LogP contribution in [0.25, 0.3) is 0 Å². The van der Waals surface area contributed by atoms with Crippen molar-refractivity contribution in [3.63, 3.8) is 0 Å². The average molecular weight is 308 g/mol. The van der Waals surface area contributed by atoms with Gasteiger partial charge in [-0.2, -0.15) is 0 Å². The molecule has 2 unspecified atom stereocenters. The largest absolute Gasteiger partial charge is 0.253 e. The molecule has 0 N–H and O–H groups in total. The summed E-state index contributed by atoms with van der Waals surface area (Å²) in [6.07, 6.45) is 5.63. The van der Waals surface area contributed by atoms with Crippen molar-refractivity contribution in [2.24, 2.45) is 5.92 Å². The highest BCUT2D eigenvalue weighted by Gasteiger charge is 2.27. The Morgan fingerprint density at radius 2 is 2.24 bits per heavy atom. The Morgan fingerprint density at radius 1 is 1.35 bits per heavy atom. The van der Waals surface area contributed by atoms with Gasteiger partial charge in [-0.3, -0.25) is 4.98 Å². The lowest BCUT2D eigenvalue weighted by Crippen LogP contribution is -2.18. The van der Waals surface area contributed by atoms with Crippen molar-refractivity contribution in [3.05, 3.63) is 52.0 Å². The van der Waals surface area contributed by atoms with E-state index < -0.39 is 0 Å². The van der Waals surface area contributed by atoms with E-state index in [0.29, 0.717) is 10.7 Å². The summed E-state index contributed by atoms with van der Waals surface area (Å²) in [5.74, 6) is 0.699. The van der Waals surface area contributed by atoms with Crippen molar-refractivity contribution < 1.29 is 0 Å². The van der Waals surface area contributed by atoms with E-state index in [9.17, 15) is 0 Å². The van der Waals surface area contributed by atoms with E-state index in [1.165, 1.54) is 28.8 Å². The van der Waals surface area contributed by atoms with E-state index in [1.807, 2.05) is 11.7 Å². The summed E-state index contributed by atoms with van der Waals surface area (Å²) in [6, 6.07) is 8.80. The first kappa shape index (κ1) is 11.4. The topological polar surface area (TPSA) is 12.9 Å². The van der Waals surface area contributed by atoms with Crippen molar-refractivity contribution in [1.82, 2.24) is 4.98 Å². The molecule has 1 aromatic carbocycles. The molecule has 1 heterocycles. The molecule has 1 nitrogen and oxygen atoms in total. The van der Waals surface area contributed by atoms with Crippen LogP contribution >= 0.6 is 27.3 Å². The number of hydrogen-bond donors (Lipinski definition) is 0. The van der Waals surface area contributed by atoms with Crippen LogP contribution in [0.3, 0.4) is 0 Å². The second kappa shape index (κ2) is 4.91. The Hall–Kier alpha value is -0.670. The number of fused-ring (bicyclic) bond motifs is 1. The lowest BCUT2D eigenvalue weighted by Gasteiger charge is -2.29. The number of hydrogen-bond acceptors (Lipinski definition) is 2. The fraction of sp³-hybridized carbons (Fsp3) is 0.357. The Kier molecular flexibility index (Phi) is 3.30. The third-order valence-corrected chi connectivity index (χ3v) is 5.54. The SMILES string of the molecule is BrC1c2ccccc2CCC1Cc1cncs1. The molecule has 1 aliphatic rings. The molecule has 1 aromatic heterocycles. The van der Waals surface area contributed by atoms with Crippen LogP contribution in [0, 0.1) is 5.92 Å². The van der Waals surface area contributed by atoms with Gasteiger partial charge in [0.2, 0.25) is 0 Å². The van der Waals surface area contributed by atoms with E-state index >= 15 is 0 Å². The molecule has 3 rings (SSSR count). The van der Waals surface area contributed by atoms with Gasteiger partial charge in [-0.05, 0) is 36.3 Å². The Labute approximate surface area is 114 Å². The molecule has 2 aromatic rings. The highest BCUT2D eigenvalue weighted by molar-refractivity contribution is 9.09. The highest BCUT2D eigenvalue weighted by atomic mass is 79.9. The molecule has 0 spiro atoms. The van der Waals surface area contributed by atoms with Gasteiger partial charge in [0.1, 0.15) is 0 Å². The number of rotatable bonds is 2. The number of thiazole rings is 1. The maximum absolute atomic E-state index is 4.16. The smallest absolute Gasteiger partial charge is 0.0794 e. The van der Waals surface area contributed by atoms with Gasteiger partial charge in [0.05, 0.1) is 5.51 Å². The fourth-order valence-corrected chi connectivity index (χ4v) is 4.17. The quantitative estimate of drug-likeness (QED) is 0.750. The summed E-state index contributed by atoms with van der Waals surface area (Å²) in [5, 5.41) is 0. The standard InChI is InChI=1S/C14H14BrNS/c15-14-11(7-12-8-16-9-17-12)6-5-10-3-1-2-4-13(10)14/h1-4,8-9,11,14H,5-7H2. The minimum absolute atomic E-state index is 0.495. The molecule has 0 fully saturated rings. The van der Waals surface area contributed by atoms with Crippen LogP contribution in [0.1, 0.15) is 27.3 Å². The lowest BCUT2D eigenvalue weighted by atomic mass is 9.82. The van der Waals surface area contributed by atoms with Gasteiger partial charge >= 0.3 is 0 Å². The van der Waals surface area contributed by atoms with E-state index in [1.54, 1.807) is 11.3 Å². The summed E-state index contributed by atoms with van der Waals surface area (Å²) in [4.78, 5) is 6.06. The summed E-state index contributed by atoms with van der Waals surface area (Å²) < 4.78 is 0. The molecular weight excluding hydrogens is 294 g/mol. The van der Waals surface area contributed by atoms with Gasteiger partial charge in [-0.25, -0.2) is 0 Å². The zero-order valence-corrected chi connectivity index (χ0v) is 11.9. The predicted octanol–water partition coefficient (Wildman–Crippen LogP) is 4.38. The molecule has 0 radical (unpaired) electrons. The molecule has 17 heavy (non-hydrogen) atoms. The highest BCUT2D eigenvalue weighted by Crippen LogP contribution is 2.42. The van der Waals surface area contributed by atoms with Gasteiger partial charge in [0.15, 0.2) is 0 Å². The number of benzene rings is 1. The molecule has 3 heteroatoms. The minimum atomic E-state index is 0.495. The molecule has 0 amide bonds. The third kappa shape index (κ3) is 2.31. The van der Waals surface area contributed by atoms with Crippen LogP contribution < -0.4 is 0 Å². The van der Waals surface area contributed by atoms with Gasteiger partial charge in [0, 0.05) is 15.9 Å². The molecular formula is C14H14BrNS. The van der Waals surface area contributed by atoms with Crippen LogP contribution in [0.5, 0.6) is 0 Å². The number of halogens is 1. The van der Waals surface area contributed by atoms with Crippen molar-refractivity contribution in [2.75, 3.05) is 0 Å². The van der Waals surface area contributed by atoms with E-state index in [2.05, 4.69) is 45.2 Å². The van der Waals surface area contributed by atoms with Crippen LogP contribution in [0.2, 0.25) is 0 Å².